The zero-order valence-electron chi connectivity index (χ0n) is 37.8. The van der Waals surface area contributed by atoms with Crippen molar-refractivity contribution in [2.24, 2.45) is 11.8 Å². The maximum Gasteiger partial charge on any atom is 0.472 e. The molecule has 0 radical (unpaired) electrons. The summed E-state index contributed by atoms with van der Waals surface area (Å²) in [6.07, 6.45) is 28.6. The number of allylic oxidation sites excluding steroid dienone is 2. The first-order valence-electron chi connectivity index (χ1n) is 23.3. The average molecular weight is 861 g/mol. The summed E-state index contributed by atoms with van der Waals surface area (Å²) in [5, 5.41) is 31.4. The molecule has 0 aliphatic heterocycles. The number of hydrogen-bond acceptors (Lipinski definition) is 10. The SMILES string of the molecule is CCCCCC/C=C\CCCCCCCCCC(=O)O[C@H](COC(=O)CCCCCC[C@@H]1[C@@H](/C=C/[C@@H](O)CCCCC)[C@H](O)C[C@@H]1O)COP(=O)(O)OCC[N+](C)(C)C. The number of aliphatic hydroxyl groups excluding tert-OH is 3. The Morgan fingerprint density at radius 1 is 0.729 bits per heavy atom. The molecule has 0 saturated heterocycles. The molecule has 1 saturated carbocycles. The van der Waals surface area contributed by atoms with Gasteiger partial charge in [0, 0.05) is 25.2 Å². The Morgan fingerprint density at radius 3 is 1.92 bits per heavy atom. The first-order chi connectivity index (χ1) is 28.2. The van der Waals surface area contributed by atoms with Gasteiger partial charge in [-0.25, -0.2) is 4.57 Å². The third-order valence-corrected chi connectivity index (χ3v) is 12.0. The number of likely N-dealkylation sites (N-methyl/N-ethyl adjacent to an activating group) is 1. The van der Waals surface area contributed by atoms with Gasteiger partial charge in [0.2, 0.25) is 0 Å². The van der Waals surface area contributed by atoms with Crippen LogP contribution in [-0.2, 0) is 32.7 Å². The molecule has 1 unspecified atom stereocenters. The minimum atomic E-state index is -4.43. The summed E-state index contributed by atoms with van der Waals surface area (Å²) in [6, 6.07) is 0. The molecule has 7 atom stereocenters. The van der Waals surface area contributed by atoms with E-state index in [2.05, 4.69) is 26.0 Å². The fourth-order valence-electron chi connectivity index (χ4n) is 7.34. The van der Waals surface area contributed by atoms with E-state index in [4.69, 9.17) is 18.5 Å². The van der Waals surface area contributed by atoms with Crippen LogP contribution in [0.1, 0.15) is 174 Å². The minimum absolute atomic E-state index is 0.00287. The van der Waals surface area contributed by atoms with E-state index in [0.717, 1.165) is 70.6 Å². The summed E-state index contributed by atoms with van der Waals surface area (Å²) in [4.78, 5) is 35.6. The van der Waals surface area contributed by atoms with Crippen LogP contribution in [0.25, 0.3) is 0 Å². The summed E-state index contributed by atoms with van der Waals surface area (Å²) >= 11 is 0. The number of phosphoric ester groups is 1. The highest BCUT2D eigenvalue weighted by Gasteiger charge is 2.39. The fourth-order valence-corrected chi connectivity index (χ4v) is 8.08. The van der Waals surface area contributed by atoms with Gasteiger partial charge in [-0.15, -0.1) is 0 Å². The van der Waals surface area contributed by atoms with Gasteiger partial charge in [0.25, 0.3) is 0 Å². The van der Waals surface area contributed by atoms with Gasteiger partial charge in [0.1, 0.15) is 19.8 Å². The molecule has 0 aromatic rings. The predicted octanol–water partition coefficient (Wildman–Crippen LogP) is 9.51. The monoisotopic (exact) mass is 861 g/mol. The van der Waals surface area contributed by atoms with E-state index in [0.29, 0.717) is 36.7 Å². The van der Waals surface area contributed by atoms with E-state index >= 15 is 0 Å². The highest BCUT2D eigenvalue weighted by molar-refractivity contribution is 7.47. The van der Waals surface area contributed by atoms with E-state index in [-0.39, 0.29) is 37.9 Å². The van der Waals surface area contributed by atoms with Gasteiger partial charge in [-0.3, -0.25) is 18.6 Å². The molecule has 1 aliphatic carbocycles. The van der Waals surface area contributed by atoms with Crippen molar-refractivity contribution in [3.05, 3.63) is 24.3 Å². The van der Waals surface area contributed by atoms with Gasteiger partial charge in [-0.1, -0.05) is 128 Å². The number of nitrogens with zero attached hydrogens (tertiary/aromatic N) is 1. The Balaban J connectivity index is 2.45. The minimum Gasteiger partial charge on any atom is -0.462 e. The number of carbonyl (C=O) groups is 2. The normalized spacial score (nSPS) is 20.6. The lowest BCUT2D eigenvalue weighted by Gasteiger charge is -2.24. The van der Waals surface area contributed by atoms with Crippen molar-refractivity contribution in [1.29, 1.82) is 0 Å². The molecule has 346 valence electrons. The Morgan fingerprint density at radius 2 is 1.29 bits per heavy atom. The predicted molar refractivity (Wildman–Crippen MR) is 236 cm³/mol. The number of aliphatic hydroxyl groups is 3. The Kier molecular flexibility index (Phi) is 31.9. The van der Waals surface area contributed by atoms with Crippen molar-refractivity contribution >= 4 is 19.8 Å². The third kappa shape index (κ3) is 31.0. The molecule has 59 heavy (non-hydrogen) atoms. The number of esters is 2. The van der Waals surface area contributed by atoms with Crippen LogP contribution < -0.4 is 0 Å². The van der Waals surface area contributed by atoms with E-state index in [1.54, 1.807) is 6.08 Å². The Bertz CT molecular complexity index is 1180. The number of carbonyl (C=O) groups excluding carboxylic acids is 2. The van der Waals surface area contributed by atoms with Crippen molar-refractivity contribution in [1.82, 2.24) is 0 Å². The number of rotatable bonds is 38. The second-order valence-electron chi connectivity index (χ2n) is 17.8. The first kappa shape index (κ1) is 55.4. The summed E-state index contributed by atoms with van der Waals surface area (Å²) in [5.41, 5.74) is 0. The highest BCUT2D eigenvalue weighted by Crippen LogP contribution is 2.43. The molecule has 0 amide bonds. The maximum atomic E-state index is 12.7. The standard InChI is InChI=1S/C46H86NO11P/c1-6-8-10-11-12-13-14-15-16-17-18-19-20-21-27-31-46(52)58-40(38-57-59(53,54)56-35-34-47(3,4)5)37-55-45(51)30-26-23-22-25-29-41-42(44(50)36-43(41)49)33-32-39(48)28-24-9-7-2/h13-14,32-33,39-44,48-50H,6-12,15-31,34-38H2,1-5H3/p+1/b14-13-,33-32+/t39-,40+,41+,42+,43-,44+/m0/s1. The van der Waals surface area contributed by atoms with Gasteiger partial charge in [-0.2, -0.15) is 0 Å². The third-order valence-electron chi connectivity index (χ3n) is 11.1. The van der Waals surface area contributed by atoms with E-state index in [1.807, 2.05) is 27.2 Å². The summed E-state index contributed by atoms with van der Waals surface area (Å²) in [6.45, 7) is 4.07. The molecule has 13 heteroatoms. The van der Waals surface area contributed by atoms with Gasteiger partial charge in [0.05, 0.1) is 46.1 Å². The second kappa shape index (κ2) is 33.9. The van der Waals surface area contributed by atoms with Crippen LogP contribution in [-0.4, -0.2) is 109 Å². The lowest BCUT2D eigenvalue weighted by atomic mass is 9.88. The molecule has 0 bridgehead atoms. The maximum absolute atomic E-state index is 12.7. The van der Waals surface area contributed by atoms with Gasteiger partial charge >= 0.3 is 19.8 Å². The van der Waals surface area contributed by atoms with Crippen LogP contribution in [0, 0.1) is 11.8 Å². The summed E-state index contributed by atoms with van der Waals surface area (Å²) < 4.78 is 34.3. The number of quaternary nitrogens is 1. The number of hydrogen-bond donors (Lipinski definition) is 4. The molecule has 1 fully saturated rings. The topological polar surface area (TPSA) is 169 Å². The van der Waals surface area contributed by atoms with Crippen molar-refractivity contribution in [2.75, 3.05) is 47.5 Å². The highest BCUT2D eigenvalue weighted by atomic mass is 31.2. The van der Waals surface area contributed by atoms with E-state index < -0.39 is 50.8 Å². The van der Waals surface area contributed by atoms with Crippen LogP contribution in [0.3, 0.4) is 0 Å². The summed E-state index contributed by atoms with van der Waals surface area (Å²) in [7, 11) is 1.36. The van der Waals surface area contributed by atoms with Crippen LogP contribution in [0.5, 0.6) is 0 Å². The molecule has 0 heterocycles. The number of phosphoric acid groups is 1. The van der Waals surface area contributed by atoms with Crippen LogP contribution in [0.4, 0.5) is 0 Å². The largest absolute Gasteiger partial charge is 0.472 e. The first-order valence-corrected chi connectivity index (χ1v) is 24.8. The molecule has 0 spiro atoms. The van der Waals surface area contributed by atoms with Gasteiger partial charge in [-0.05, 0) is 57.3 Å². The van der Waals surface area contributed by atoms with Crippen molar-refractivity contribution < 1.29 is 57.4 Å². The van der Waals surface area contributed by atoms with Crippen LogP contribution in [0.15, 0.2) is 24.3 Å². The van der Waals surface area contributed by atoms with Crippen molar-refractivity contribution in [3.63, 3.8) is 0 Å². The van der Waals surface area contributed by atoms with E-state index in [9.17, 15) is 34.4 Å². The average Bonchev–Trinajstić information content (AvgIpc) is 3.44. The molecule has 0 aromatic heterocycles. The molecule has 1 rings (SSSR count). The summed E-state index contributed by atoms with van der Waals surface area (Å²) in [5.74, 6) is -1.21. The molecular formula is C46H87NO11P+. The van der Waals surface area contributed by atoms with E-state index in [1.165, 1.54) is 51.4 Å². The van der Waals surface area contributed by atoms with Crippen LogP contribution >= 0.6 is 7.82 Å². The van der Waals surface area contributed by atoms with Gasteiger partial charge < -0.3 is 34.2 Å². The zero-order valence-corrected chi connectivity index (χ0v) is 38.7. The molecule has 4 N–H and O–H groups in total. The zero-order chi connectivity index (χ0) is 43.8. The van der Waals surface area contributed by atoms with Crippen molar-refractivity contribution in [3.8, 4) is 0 Å². The fraction of sp³-hybridized carbons (Fsp3) is 0.870. The Labute approximate surface area is 358 Å². The number of unbranched alkanes of at least 4 members (excludes halogenated alkanes) is 16. The lowest BCUT2D eigenvalue weighted by molar-refractivity contribution is -0.870. The second-order valence-corrected chi connectivity index (χ2v) is 19.2. The number of ether oxygens (including phenoxy) is 2. The quantitative estimate of drug-likeness (QED) is 0.0153. The van der Waals surface area contributed by atoms with Gasteiger partial charge in [0.15, 0.2) is 6.10 Å². The molecule has 12 nitrogen and oxygen atoms in total. The molecule has 1 aliphatic rings. The molecule has 0 aromatic carbocycles. The smallest absolute Gasteiger partial charge is 0.462 e. The van der Waals surface area contributed by atoms with Crippen molar-refractivity contribution in [2.45, 2.75) is 199 Å². The Hall–Kier alpha value is -1.63. The molecular weight excluding hydrogens is 773 g/mol. The van der Waals surface area contributed by atoms with Crippen LogP contribution in [0.2, 0.25) is 0 Å². The lowest BCUT2D eigenvalue weighted by Crippen LogP contribution is -2.37.